The number of hydrogen-bond donors (Lipinski definition) is 2. The maximum absolute atomic E-state index is 9.84. The fourth-order valence-corrected chi connectivity index (χ4v) is 3.40. The van der Waals surface area contributed by atoms with Gasteiger partial charge in [0.2, 0.25) is 0 Å². The van der Waals surface area contributed by atoms with Gasteiger partial charge >= 0.3 is 78.0 Å². The van der Waals surface area contributed by atoms with E-state index in [4.69, 9.17) is 14.2 Å². The summed E-state index contributed by atoms with van der Waals surface area (Å²) < 4.78 is 10.4. The Kier molecular flexibility index (Phi) is 4.52. The van der Waals surface area contributed by atoms with Gasteiger partial charge in [0, 0.05) is 0 Å². The Morgan fingerprint density at radius 1 is 1.62 bits per heavy atom. The summed E-state index contributed by atoms with van der Waals surface area (Å²) in [6.07, 6.45) is 0.432. The Morgan fingerprint density at radius 2 is 2.38 bits per heavy atom. The molecule has 1 aliphatic heterocycles. The molecule has 0 aromatic rings. The number of aliphatic hydroxyl groups excluding tert-OH is 1. The standard InChI is InChI=1S/C7H18NO4P/c1-2-11-13(10)7-8(3-5-9)4-6-12-13/h9-10,13H,2-7H2,1H3. The monoisotopic (exact) mass is 211 g/mol. The molecular formula is C7H18NO4P. The van der Waals surface area contributed by atoms with Crippen LogP contribution >= 0.6 is 7.94 Å². The van der Waals surface area contributed by atoms with Gasteiger partial charge in [-0.3, -0.25) is 0 Å². The van der Waals surface area contributed by atoms with Gasteiger partial charge in [-0.15, -0.1) is 0 Å². The van der Waals surface area contributed by atoms with Crippen LogP contribution in [0.5, 0.6) is 0 Å². The summed E-state index contributed by atoms with van der Waals surface area (Å²) in [4.78, 5) is 11.8. The molecule has 1 rings (SSSR count). The first-order valence-corrected chi connectivity index (χ1v) is 6.51. The van der Waals surface area contributed by atoms with E-state index in [0.717, 1.165) is 6.54 Å². The van der Waals surface area contributed by atoms with Crippen molar-refractivity contribution in [2.75, 3.05) is 39.2 Å². The Hall–Kier alpha value is 0.230. The first kappa shape index (κ1) is 11.3. The molecule has 1 fully saturated rings. The average Bonchev–Trinajstić information content (AvgIpc) is 2.04. The molecule has 0 saturated carbocycles. The van der Waals surface area contributed by atoms with Gasteiger partial charge in [0.1, 0.15) is 0 Å². The molecule has 1 saturated heterocycles. The molecule has 0 spiro atoms. The third kappa shape index (κ3) is 3.46. The number of nitrogens with zero attached hydrogens (tertiary/aromatic N) is 1. The molecule has 2 N–H and O–H groups in total. The summed E-state index contributed by atoms with van der Waals surface area (Å²) in [5.41, 5.74) is 0. The molecule has 0 amide bonds. The normalized spacial score (nSPS) is 25.8. The molecular weight excluding hydrogens is 193 g/mol. The molecule has 0 aliphatic carbocycles. The third-order valence-corrected chi connectivity index (χ3v) is 4.19. The third-order valence-electron chi connectivity index (χ3n) is 1.94. The Bertz CT molecular complexity index is 153. The second-order valence-corrected chi connectivity index (χ2v) is 5.31. The summed E-state index contributed by atoms with van der Waals surface area (Å²) in [5.74, 6) is 0. The fraction of sp³-hybridized carbons (Fsp3) is 1.00. The van der Waals surface area contributed by atoms with Crippen molar-refractivity contribution in [3.63, 3.8) is 0 Å². The maximum atomic E-state index is 9.84. The van der Waals surface area contributed by atoms with Crippen LogP contribution in [0.25, 0.3) is 0 Å². The zero-order valence-corrected chi connectivity index (χ0v) is 8.90. The predicted octanol–water partition coefficient (Wildman–Crippen LogP) is -0.208. The molecule has 0 aromatic heterocycles. The van der Waals surface area contributed by atoms with Crippen LogP contribution in [0.15, 0.2) is 0 Å². The van der Waals surface area contributed by atoms with Crippen molar-refractivity contribution < 1.29 is 19.0 Å². The first-order valence-electron chi connectivity index (χ1n) is 4.53. The SMILES string of the molecule is CCO[PH]1(O)CN(CCO)CCO1. The summed E-state index contributed by atoms with van der Waals surface area (Å²) in [6.45, 7) is 4.23. The average molecular weight is 211 g/mol. The first-order chi connectivity index (χ1) is 6.20. The molecule has 0 bridgehead atoms. The second-order valence-electron chi connectivity index (χ2n) is 2.99. The van der Waals surface area contributed by atoms with Crippen LogP contribution in [0.2, 0.25) is 0 Å². The zero-order chi connectivity index (χ0) is 9.73. The van der Waals surface area contributed by atoms with Gasteiger partial charge in [0.15, 0.2) is 0 Å². The Morgan fingerprint density at radius 3 is 3.00 bits per heavy atom. The predicted molar refractivity (Wildman–Crippen MR) is 51.6 cm³/mol. The number of β-amino-alcohol motifs (C(OH)–C–C–N with tert-alkyl or cyclic N) is 1. The van der Waals surface area contributed by atoms with Gasteiger partial charge in [-0.2, -0.15) is 0 Å². The van der Waals surface area contributed by atoms with Gasteiger partial charge in [-0.25, -0.2) is 0 Å². The van der Waals surface area contributed by atoms with Crippen molar-refractivity contribution in [1.29, 1.82) is 0 Å². The minimum atomic E-state index is -2.92. The molecule has 1 heterocycles. The molecule has 1 aliphatic rings. The van der Waals surface area contributed by atoms with Crippen LogP contribution in [-0.2, 0) is 9.05 Å². The molecule has 0 radical (unpaired) electrons. The Labute approximate surface area is 78.8 Å². The van der Waals surface area contributed by atoms with E-state index in [1.807, 2.05) is 11.8 Å². The summed E-state index contributed by atoms with van der Waals surface area (Å²) in [6, 6.07) is 0. The topological polar surface area (TPSA) is 62.2 Å². The summed E-state index contributed by atoms with van der Waals surface area (Å²) in [7, 11) is -2.92. The van der Waals surface area contributed by atoms with Crippen molar-refractivity contribution in [3.05, 3.63) is 0 Å². The van der Waals surface area contributed by atoms with Gasteiger partial charge in [-0.1, -0.05) is 0 Å². The van der Waals surface area contributed by atoms with Gasteiger partial charge in [0.05, 0.1) is 0 Å². The van der Waals surface area contributed by atoms with Crippen molar-refractivity contribution in [1.82, 2.24) is 4.90 Å². The molecule has 13 heavy (non-hydrogen) atoms. The Balaban J connectivity index is 2.39. The summed E-state index contributed by atoms with van der Waals surface area (Å²) in [5, 5.41) is 8.73. The molecule has 6 heteroatoms. The fourth-order valence-electron chi connectivity index (χ4n) is 1.39. The van der Waals surface area contributed by atoms with Crippen LogP contribution in [0.3, 0.4) is 0 Å². The van der Waals surface area contributed by atoms with E-state index in [1.54, 1.807) is 0 Å². The van der Waals surface area contributed by atoms with Crippen LogP contribution in [0.1, 0.15) is 6.92 Å². The van der Waals surface area contributed by atoms with E-state index in [-0.39, 0.29) is 6.61 Å². The van der Waals surface area contributed by atoms with Crippen molar-refractivity contribution in [3.8, 4) is 0 Å². The van der Waals surface area contributed by atoms with E-state index >= 15 is 0 Å². The number of aliphatic hydroxyl groups is 1. The van der Waals surface area contributed by atoms with E-state index < -0.39 is 7.94 Å². The molecule has 0 unspecified atom stereocenters. The second kappa shape index (κ2) is 5.20. The van der Waals surface area contributed by atoms with Gasteiger partial charge in [0.25, 0.3) is 0 Å². The zero-order valence-electron chi connectivity index (χ0n) is 7.90. The van der Waals surface area contributed by atoms with Crippen molar-refractivity contribution >= 4 is 7.94 Å². The van der Waals surface area contributed by atoms with E-state index in [9.17, 15) is 4.89 Å². The van der Waals surface area contributed by atoms with Gasteiger partial charge in [-0.05, 0) is 0 Å². The van der Waals surface area contributed by atoms with Crippen LogP contribution in [-0.4, -0.2) is 54.1 Å². The quantitative estimate of drug-likeness (QED) is 0.630. The van der Waals surface area contributed by atoms with Crippen molar-refractivity contribution in [2.45, 2.75) is 6.92 Å². The molecule has 80 valence electrons. The number of hydrogen-bond acceptors (Lipinski definition) is 5. The van der Waals surface area contributed by atoms with E-state index in [2.05, 4.69) is 0 Å². The van der Waals surface area contributed by atoms with E-state index in [1.165, 1.54) is 0 Å². The molecule has 5 nitrogen and oxygen atoms in total. The van der Waals surface area contributed by atoms with Crippen LogP contribution < -0.4 is 0 Å². The number of rotatable bonds is 4. The summed E-state index contributed by atoms with van der Waals surface area (Å²) >= 11 is 0. The van der Waals surface area contributed by atoms with Crippen LogP contribution in [0, 0.1) is 0 Å². The molecule has 0 aromatic carbocycles. The van der Waals surface area contributed by atoms with Gasteiger partial charge < -0.3 is 0 Å². The van der Waals surface area contributed by atoms with E-state index in [0.29, 0.717) is 26.0 Å². The van der Waals surface area contributed by atoms with Crippen LogP contribution in [0.4, 0.5) is 0 Å². The van der Waals surface area contributed by atoms with Crippen molar-refractivity contribution in [2.24, 2.45) is 0 Å². The minimum absolute atomic E-state index is 0.108. The molecule has 0 atom stereocenters.